The van der Waals surface area contributed by atoms with Crippen LogP contribution in [0.25, 0.3) is 0 Å². The molecular weight excluding hydrogens is 300 g/mol. The quantitative estimate of drug-likeness (QED) is 0.530. The Morgan fingerprint density at radius 3 is 2.86 bits per heavy atom. The van der Waals surface area contributed by atoms with Crippen molar-refractivity contribution in [3.8, 4) is 5.75 Å². The van der Waals surface area contributed by atoms with Crippen LogP contribution < -0.4 is 4.74 Å². The fourth-order valence-corrected chi connectivity index (χ4v) is 4.61. The first kappa shape index (κ1) is 14.9. The summed E-state index contributed by atoms with van der Waals surface area (Å²) in [6.07, 6.45) is 7.30. The Bertz CT molecular complexity index is 582. The molecule has 1 aliphatic carbocycles. The zero-order valence-electron chi connectivity index (χ0n) is 12.4. The highest BCUT2D eigenvalue weighted by Gasteiger charge is 2.18. The average molecular weight is 321 g/mol. The molecule has 0 amide bonds. The van der Waals surface area contributed by atoms with Gasteiger partial charge in [0.15, 0.2) is 0 Å². The van der Waals surface area contributed by atoms with Gasteiger partial charge in [-0.2, -0.15) is 0 Å². The molecular formula is C18H21ClOS. The van der Waals surface area contributed by atoms with E-state index in [2.05, 4.69) is 12.1 Å². The van der Waals surface area contributed by atoms with Gasteiger partial charge in [0.2, 0.25) is 0 Å². The van der Waals surface area contributed by atoms with Crippen LogP contribution in [0.5, 0.6) is 5.75 Å². The normalized spacial score (nSPS) is 16.1. The van der Waals surface area contributed by atoms with Crippen molar-refractivity contribution in [1.82, 2.24) is 0 Å². The molecule has 1 heterocycles. The van der Waals surface area contributed by atoms with Gasteiger partial charge in [-0.05, 0) is 55.4 Å². The molecule has 1 aromatic heterocycles. The van der Waals surface area contributed by atoms with Crippen LogP contribution in [-0.4, -0.2) is 7.11 Å². The maximum atomic E-state index is 6.69. The molecule has 0 saturated heterocycles. The first-order valence-electron chi connectivity index (χ1n) is 7.65. The number of alkyl halides is 1. The molecule has 3 heteroatoms. The van der Waals surface area contributed by atoms with E-state index in [1.54, 1.807) is 12.0 Å². The van der Waals surface area contributed by atoms with E-state index in [0.717, 1.165) is 12.2 Å². The Balaban J connectivity index is 1.77. The highest BCUT2D eigenvalue weighted by molar-refractivity contribution is 7.12. The van der Waals surface area contributed by atoms with Gasteiger partial charge in [0.1, 0.15) is 5.75 Å². The van der Waals surface area contributed by atoms with Crippen molar-refractivity contribution >= 4 is 22.9 Å². The highest BCUT2D eigenvalue weighted by Crippen LogP contribution is 2.37. The van der Waals surface area contributed by atoms with Gasteiger partial charge >= 0.3 is 0 Å². The molecule has 0 radical (unpaired) electrons. The largest absolute Gasteiger partial charge is 0.496 e. The molecule has 1 aliphatic rings. The second-order valence-electron chi connectivity index (χ2n) is 5.64. The highest BCUT2D eigenvalue weighted by atomic mass is 35.5. The molecule has 1 unspecified atom stereocenters. The maximum Gasteiger partial charge on any atom is 0.122 e. The number of methoxy groups -OCH3 is 1. The SMILES string of the molecule is COc1ccccc1CC(Cl)c1cc2c(s1)CCCCC2. The number of rotatable bonds is 4. The molecule has 2 aromatic rings. The van der Waals surface area contributed by atoms with E-state index in [1.807, 2.05) is 29.5 Å². The Morgan fingerprint density at radius 2 is 2.00 bits per heavy atom. The number of fused-ring (bicyclic) bond motifs is 1. The van der Waals surface area contributed by atoms with Crippen molar-refractivity contribution in [2.45, 2.75) is 43.9 Å². The van der Waals surface area contributed by atoms with Gasteiger partial charge < -0.3 is 4.74 Å². The number of para-hydroxylation sites is 1. The molecule has 112 valence electrons. The van der Waals surface area contributed by atoms with Crippen molar-refractivity contribution in [3.63, 3.8) is 0 Å². The van der Waals surface area contributed by atoms with Gasteiger partial charge in [0.25, 0.3) is 0 Å². The zero-order valence-corrected chi connectivity index (χ0v) is 14.0. The zero-order chi connectivity index (χ0) is 14.7. The predicted octanol–water partition coefficient (Wildman–Crippen LogP) is 5.55. The summed E-state index contributed by atoms with van der Waals surface area (Å²) in [5.41, 5.74) is 2.72. The summed E-state index contributed by atoms with van der Waals surface area (Å²) in [5.74, 6) is 0.932. The van der Waals surface area contributed by atoms with Crippen molar-refractivity contribution < 1.29 is 4.74 Å². The molecule has 0 N–H and O–H groups in total. The summed E-state index contributed by atoms with van der Waals surface area (Å²) in [6, 6.07) is 10.5. The summed E-state index contributed by atoms with van der Waals surface area (Å²) < 4.78 is 5.42. The van der Waals surface area contributed by atoms with E-state index < -0.39 is 0 Å². The Morgan fingerprint density at radius 1 is 1.19 bits per heavy atom. The molecule has 1 nitrogen and oxygen atoms in total. The number of aryl methyl sites for hydroxylation is 2. The Hall–Kier alpha value is -0.990. The monoisotopic (exact) mass is 320 g/mol. The van der Waals surface area contributed by atoms with E-state index >= 15 is 0 Å². The lowest BCUT2D eigenvalue weighted by Gasteiger charge is -2.11. The second kappa shape index (κ2) is 6.85. The Labute approximate surface area is 135 Å². The first-order valence-corrected chi connectivity index (χ1v) is 8.90. The molecule has 0 aliphatic heterocycles. The van der Waals surface area contributed by atoms with Crippen molar-refractivity contribution in [2.24, 2.45) is 0 Å². The lowest BCUT2D eigenvalue weighted by Crippen LogP contribution is -1.97. The van der Waals surface area contributed by atoms with Gasteiger partial charge in [0.05, 0.1) is 12.5 Å². The van der Waals surface area contributed by atoms with Crippen LogP contribution in [0.2, 0.25) is 0 Å². The van der Waals surface area contributed by atoms with Gasteiger partial charge in [-0.3, -0.25) is 0 Å². The van der Waals surface area contributed by atoms with Crippen LogP contribution in [-0.2, 0) is 19.3 Å². The molecule has 0 fully saturated rings. The van der Waals surface area contributed by atoms with Crippen molar-refractivity contribution in [3.05, 3.63) is 51.2 Å². The average Bonchev–Trinajstić information content (AvgIpc) is 2.79. The lowest BCUT2D eigenvalue weighted by molar-refractivity contribution is 0.409. The van der Waals surface area contributed by atoms with Crippen LogP contribution in [0.1, 0.15) is 45.5 Å². The van der Waals surface area contributed by atoms with Gasteiger partial charge in [-0.15, -0.1) is 22.9 Å². The van der Waals surface area contributed by atoms with Crippen molar-refractivity contribution in [1.29, 1.82) is 0 Å². The summed E-state index contributed by atoms with van der Waals surface area (Å²) in [7, 11) is 1.72. The van der Waals surface area contributed by atoms with Crippen LogP contribution in [0, 0.1) is 0 Å². The fourth-order valence-electron chi connectivity index (χ4n) is 3.01. The van der Waals surface area contributed by atoms with E-state index in [4.69, 9.17) is 16.3 Å². The fraction of sp³-hybridized carbons (Fsp3) is 0.444. The van der Waals surface area contributed by atoms with E-state index in [0.29, 0.717) is 0 Å². The maximum absolute atomic E-state index is 6.69. The van der Waals surface area contributed by atoms with Gasteiger partial charge in [-0.25, -0.2) is 0 Å². The number of hydrogen-bond acceptors (Lipinski definition) is 2. The summed E-state index contributed by atoms with van der Waals surface area (Å²) in [6.45, 7) is 0. The van der Waals surface area contributed by atoms with Crippen LogP contribution in [0.3, 0.4) is 0 Å². The summed E-state index contributed by atoms with van der Waals surface area (Å²) in [5, 5.41) is 0.0400. The molecule has 21 heavy (non-hydrogen) atoms. The number of thiophene rings is 1. The van der Waals surface area contributed by atoms with Crippen LogP contribution in [0.15, 0.2) is 30.3 Å². The van der Waals surface area contributed by atoms with Crippen LogP contribution >= 0.6 is 22.9 Å². The third kappa shape index (κ3) is 3.44. The second-order valence-corrected chi connectivity index (χ2v) is 7.34. The third-order valence-electron chi connectivity index (χ3n) is 4.17. The molecule has 0 saturated carbocycles. The van der Waals surface area contributed by atoms with Gasteiger partial charge in [0, 0.05) is 9.75 Å². The first-order chi connectivity index (χ1) is 10.3. The standard InChI is InChI=1S/C18H21ClOS/c1-20-16-9-6-5-7-13(16)11-15(19)18-12-14-8-3-2-4-10-17(14)21-18/h5-7,9,12,15H,2-4,8,10-11H2,1H3. The Kier molecular flexibility index (Phi) is 4.87. The molecule has 1 atom stereocenters. The number of halogens is 1. The van der Waals surface area contributed by atoms with Gasteiger partial charge in [-0.1, -0.05) is 24.6 Å². The predicted molar refractivity (Wildman–Crippen MR) is 90.9 cm³/mol. The minimum Gasteiger partial charge on any atom is -0.496 e. The minimum atomic E-state index is 0.0400. The molecule has 0 spiro atoms. The lowest BCUT2D eigenvalue weighted by atomic mass is 10.1. The number of hydrogen-bond donors (Lipinski definition) is 0. The molecule has 1 aromatic carbocycles. The number of benzene rings is 1. The molecule has 3 rings (SSSR count). The van der Waals surface area contributed by atoms with E-state index in [1.165, 1.54) is 48.1 Å². The van der Waals surface area contributed by atoms with E-state index in [9.17, 15) is 0 Å². The van der Waals surface area contributed by atoms with Crippen LogP contribution in [0.4, 0.5) is 0 Å². The topological polar surface area (TPSA) is 9.23 Å². The summed E-state index contributed by atoms with van der Waals surface area (Å²) in [4.78, 5) is 2.88. The number of ether oxygens (including phenoxy) is 1. The minimum absolute atomic E-state index is 0.0400. The third-order valence-corrected chi connectivity index (χ3v) is 6.04. The van der Waals surface area contributed by atoms with Crippen molar-refractivity contribution in [2.75, 3.05) is 7.11 Å². The summed E-state index contributed by atoms with van der Waals surface area (Å²) >= 11 is 8.60. The smallest absolute Gasteiger partial charge is 0.122 e. The van der Waals surface area contributed by atoms with E-state index in [-0.39, 0.29) is 5.38 Å². The molecule has 0 bridgehead atoms.